The Morgan fingerprint density at radius 1 is 1.58 bits per heavy atom. The zero-order valence-electron chi connectivity index (χ0n) is 6.44. The van der Waals surface area contributed by atoms with Gasteiger partial charge in [0.2, 0.25) is 5.75 Å². The van der Waals surface area contributed by atoms with Crippen molar-refractivity contribution in [2.75, 3.05) is 12.4 Å². The van der Waals surface area contributed by atoms with Crippen molar-refractivity contribution in [3.63, 3.8) is 0 Å². The summed E-state index contributed by atoms with van der Waals surface area (Å²) in [5.74, 6) is -0.329. The highest BCUT2D eigenvalue weighted by Gasteiger charge is 2.14. The molecule has 5 heteroatoms. The van der Waals surface area contributed by atoms with Crippen molar-refractivity contribution >= 4 is 11.4 Å². The van der Waals surface area contributed by atoms with Crippen molar-refractivity contribution < 1.29 is 10.0 Å². The van der Waals surface area contributed by atoms with Crippen LogP contribution in [0.15, 0.2) is 18.2 Å². The standard InChI is InChI=1S/C7H8N2O3/c1-8-5-3-2-4-6(7(5)10)9(11)12/h2-4,8,10H,1H3. The Kier molecular flexibility index (Phi) is 2.14. The van der Waals surface area contributed by atoms with Gasteiger partial charge in [-0.1, -0.05) is 6.07 Å². The molecule has 0 heterocycles. The Morgan fingerprint density at radius 3 is 2.75 bits per heavy atom. The molecule has 0 bridgehead atoms. The number of phenols is 1. The number of rotatable bonds is 2. The van der Waals surface area contributed by atoms with Gasteiger partial charge in [-0.15, -0.1) is 0 Å². The van der Waals surface area contributed by atoms with Crippen LogP contribution in [0.5, 0.6) is 5.75 Å². The lowest BCUT2D eigenvalue weighted by Gasteiger charge is -2.02. The van der Waals surface area contributed by atoms with Crippen LogP contribution >= 0.6 is 0 Å². The molecule has 0 saturated carbocycles. The smallest absolute Gasteiger partial charge is 0.312 e. The van der Waals surface area contributed by atoms with Gasteiger partial charge in [0, 0.05) is 13.1 Å². The molecule has 12 heavy (non-hydrogen) atoms. The quantitative estimate of drug-likeness (QED) is 0.397. The summed E-state index contributed by atoms with van der Waals surface area (Å²) in [6.07, 6.45) is 0. The molecule has 0 spiro atoms. The molecule has 1 aromatic rings. The number of phenolic OH excluding ortho intramolecular Hbond substituents is 1. The minimum absolute atomic E-state index is 0.290. The second-order valence-electron chi connectivity index (χ2n) is 2.18. The summed E-state index contributed by atoms with van der Waals surface area (Å²) in [7, 11) is 1.58. The lowest BCUT2D eigenvalue weighted by molar-refractivity contribution is -0.385. The van der Waals surface area contributed by atoms with E-state index in [9.17, 15) is 15.2 Å². The molecule has 1 rings (SSSR count). The van der Waals surface area contributed by atoms with Gasteiger partial charge in [0.1, 0.15) is 0 Å². The first kappa shape index (κ1) is 8.32. The summed E-state index contributed by atoms with van der Waals surface area (Å²) in [5, 5.41) is 22.2. The van der Waals surface area contributed by atoms with E-state index in [4.69, 9.17) is 0 Å². The van der Waals surface area contributed by atoms with Crippen LogP contribution in [0.1, 0.15) is 0 Å². The Morgan fingerprint density at radius 2 is 2.25 bits per heavy atom. The zero-order valence-corrected chi connectivity index (χ0v) is 6.44. The van der Waals surface area contributed by atoms with Crippen molar-refractivity contribution in [1.82, 2.24) is 0 Å². The molecule has 2 N–H and O–H groups in total. The van der Waals surface area contributed by atoms with Crippen molar-refractivity contribution in [1.29, 1.82) is 0 Å². The first-order chi connectivity index (χ1) is 5.66. The predicted molar refractivity (Wildman–Crippen MR) is 44.3 cm³/mol. The monoisotopic (exact) mass is 168 g/mol. The molecular formula is C7H8N2O3. The maximum absolute atomic E-state index is 10.3. The van der Waals surface area contributed by atoms with Crippen LogP contribution in [0.25, 0.3) is 0 Å². The van der Waals surface area contributed by atoms with E-state index in [1.165, 1.54) is 12.1 Å². The second-order valence-corrected chi connectivity index (χ2v) is 2.18. The third-order valence-electron chi connectivity index (χ3n) is 1.48. The summed E-state index contributed by atoms with van der Waals surface area (Å²) in [6, 6.07) is 4.31. The van der Waals surface area contributed by atoms with Gasteiger partial charge < -0.3 is 10.4 Å². The maximum atomic E-state index is 10.3. The van der Waals surface area contributed by atoms with Gasteiger partial charge >= 0.3 is 5.69 Å². The molecule has 0 aliphatic rings. The number of hydrogen-bond donors (Lipinski definition) is 2. The van der Waals surface area contributed by atoms with Crippen LogP contribution in [0, 0.1) is 10.1 Å². The minimum atomic E-state index is -0.629. The number of nitrogens with one attached hydrogen (secondary N) is 1. The van der Waals surface area contributed by atoms with Crippen LogP contribution in [-0.4, -0.2) is 17.1 Å². The molecule has 0 amide bonds. The van der Waals surface area contributed by atoms with E-state index >= 15 is 0 Å². The van der Waals surface area contributed by atoms with E-state index in [1.54, 1.807) is 13.1 Å². The van der Waals surface area contributed by atoms with Crippen LogP contribution < -0.4 is 5.32 Å². The number of nitro groups is 1. The molecule has 0 fully saturated rings. The Balaban J connectivity index is 3.23. The largest absolute Gasteiger partial charge is 0.501 e. The number of para-hydroxylation sites is 1. The van der Waals surface area contributed by atoms with Gasteiger partial charge in [-0.25, -0.2) is 0 Å². The number of aromatic hydroxyl groups is 1. The summed E-state index contributed by atoms with van der Waals surface area (Å²) in [4.78, 5) is 9.68. The average molecular weight is 168 g/mol. The van der Waals surface area contributed by atoms with Gasteiger partial charge in [0.05, 0.1) is 10.6 Å². The predicted octanol–water partition coefficient (Wildman–Crippen LogP) is 1.34. The second kappa shape index (κ2) is 3.08. The van der Waals surface area contributed by atoms with Crippen LogP contribution in [0.4, 0.5) is 11.4 Å². The van der Waals surface area contributed by atoms with Crippen molar-refractivity contribution in [2.45, 2.75) is 0 Å². The number of nitro benzene ring substituents is 1. The van der Waals surface area contributed by atoms with E-state index in [0.717, 1.165) is 0 Å². The fourth-order valence-electron chi connectivity index (χ4n) is 0.880. The fourth-order valence-corrected chi connectivity index (χ4v) is 0.880. The first-order valence-electron chi connectivity index (χ1n) is 3.31. The molecule has 64 valence electrons. The number of nitrogens with zero attached hydrogens (tertiary/aromatic N) is 1. The highest BCUT2D eigenvalue weighted by molar-refractivity contribution is 5.64. The van der Waals surface area contributed by atoms with Crippen molar-refractivity contribution in [3.05, 3.63) is 28.3 Å². The SMILES string of the molecule is CNc1cccc([N+](=O)[O-])c1O. The fraction of sp³-hybridized carbons (Fsp3) is 0.143. The average Bonchev–Trinajstić information content (AvgIpc) is 2.04. The third-order valence-corrected chi connectivity index (χ3v) is 1.48. The lowest BCUT2D eigenvalue weighted by atomic mass is 10.2. The summed E-state index contributed by atoms with van der Waals surface area (Å²) in [5.41, 5.74) is 0.0612. The highest BCUT2D eigenvalue weighted by Crippen LogP contribution is 2.32. The van der Waals surface area contributed by atoms with E-state index < -0.39 is 4.92 Å². The van der Waals surface area contributed by atoms with E-state index in [1.807, 2.05) is 0 Å². The molecule has 0 unspecified atom stereocenters. The van der Waals surface area contributed by atoms with Gasteiger partial charge in [-0.3, -0.25) is 10.1 Å². The van der Waals surface area contributed by atoms with Gasteiger partial charge in [0.25, 0.3) is 0 Å². The van der Waals surface area contributed by atoms with Crippen LogP contribution in [-0.2, 0) is 0 Å². The molecule has 0 atom stereocenters. The zero-order chi connectivity index (χ0) is 9.14. The van der Waals surface area contributed by atoms with Gasteiger partial charge in [-0.05, 0) is 6.07 Å². The summed E-state index contributed by atoms with van der Waals surface area (Å²) < 4.78 is 0. The Labute approximate surface area is 68.8 Å². The molecule has 0 aliphatic carbocycles. The topological polar surface area (TPSA) is 75.4 Å². The molecule has 0 radical (unpaired) electrons. The number of benzene rings is 1. The molecule has 0 aromatic heterocycles. The molecule has 0 aliphatic heterocycles. The molecule has 5 nitrogen and oxygen atoms in total. The van der Waals surface area contributed by atoms with Gasteiger partial charge in [-0.2, -0.15) is 0 Å². The van der Waals surface area contributed by atoms with Crippen molar-refractivity contribution in [3.8, 4) is 5.75 Å². The lowest BCUT2D eigenvalue weighted by Crippen LogP contribution is -1.93. The molecule has 1 aromatic carbocycles. The Hall–Kier alpha value is -1.78. The minimum Gasteiger partial charge on any atom is -0.501 e. The van der Waals surface area contributed by atoms with Crippen LogP contribution in [0.2, 0.25) is 0 Å². The third kappa shape index (κ3) is 1.29. The first-order valence-corrected chi connectivity index (χ1v) is 3.31. The van der Waals surface area contributed by atoms with Gasteiger partial charge in [0.15, 0.2) is 0 Å². The summed E-state index contributed by atoms with van der Waals surface area (Å²) in [6.45, 7) is 0. The Bertz CT molecular complexity index is 312. The van der Waals surface area contributed by atoms with Crippen molar-refractivity contribution in [2.24, 2.45) is 0 Å². The number of hydrogen-bond acceptors (Lipinski definition) is 4. The molecular weight excluding hydrogens is 160 g/mol. The normalized spacial score (nSPS) is 9.42. The van der Waals surface area contributed by atoms with E-state index in [0.29, 0.717) is 5.69 Å². The maximum Gasteiger partial charge on any atom is 0.312 e. The van der Waals surface area contributed by atoms with E-state index in [-0.39, 0.29) is 11.4 Å². The number of anilines is 1. The highest BCUT2D eigenvalue weighted by atomic mass is 16.6. The summed E-state index contributed by atoms with van der Waals surface area (Å²) >= 11 is 0. The molecule has 0 saturated heterocycles. The van der Waals surface area contributed by atoms with E-state index in [2.05, 4.69) is 5.32 Å². The van der Waals surface area contributed by atoms with Crippen LogP contribution in [0.3, 0.4) is 0 Å².